The number of amides is 1. The van der Waals surface area contributed by atoms with Crippen LogP contribution in [0.15, 0.2) is 30.3 Å². The summed E-state index contributed by atoms with van der Waals surface area (Å²) in [6, 6.07) is 9.84. The smallest absolute Gasteiger partial charge is 0.306 e. The number of hydrogen-bond acceptors (Lipinski definition) is 3. The van der Waals surface area contributed by atoms with Crippen LogP contribution >= 0.6 is 0 Å². The van der Waals surface area contributed by atoms with Crippen LogP contribution in [-0.4, -0.2) is 24.0 Å². The molecule has 23 heavy (non-hydrogen) atoms. The lowest BCUT2D eigenvalue weighted by molar-refractivity contribution is -0.145. The average Bonchev–Trinajstić information content (AvgIpc) is 2.80. The van der Waals surface area contributed by atoms with Crippen LogP contribution in [0.2, 0.25) is 0 Å². The zero-order valence-corrected chi connectivity index (χ0v) is 13.7. The number of carbonyl (C=O) groups excluding carboxylic acids is 2. The van der Waals surface area contributed by atoms with Crippen LogP contribution in [0.1, 0.15) is 56.9 Å². The molecule has 0 bridgehead atoms. The SMILES string of the molecule is CCOC(=O)C[C@H]1[C@H](c2ccccc2)C(=O)NC12CCCCC2. The van der Waals surface area contributed by atoms with E-state index in [0.717, 1.165) is 31.2 Å². The molecule has 1 aromatic rings. The van der Waals surface area contributed by atoms with Gasteiger partial charge in [-0.15, -0.1) is 0 Å². The highest BCUT2D eigenvalue weighted by Gasteiger charge is 2.54. The van der Waals surface area contributed by atoms with E-state index in [0.29, 0.717) is 13.0 Å². The van der Waals surface area contributed by atoms with Gasteiger partial charge in [-0.2, -0.15) is 0 Å². The molecule has 124 valence electrons. The normalized spacial score (nSPS) is 26.0. The number of hydrogen-bond donors (Lipinski definition) is 1. The second-order valence-electron chi connectivity index (χ2n) is 6.71. The molecule has 1 aromatic carbocycles. The summed E-state index contributed by atoms with van der Waals surface area (Å²) in [6.45, 7) is 2.21. The van der Waals surface area contributed by atoms with Crippen molar-refractivity contribution in [1.82, 2.24) is 5.32 Å². The third-order valence-corrected chi connectivity index (χ3v) is 5.36. The molecule has 2 atom stereocenters. The Labute approximate surface area is 137 Å². The van der Waals surface area contributed by atoms with Gasteiger partial charge in [-0.1, -0.05) is 49.6 Å². The Morgan fingerprint density at radius 2 is 1.91 bits per heavy atom. The Morgan fingerprint density at radius 3 is 2.57 bits per heavy atom. The monoisotopic (exact) mass is 315 g/mol. The predicted octanol–water partition coefficient (Wildman–Crippen LogP) is 3.17. The first kappa shape index (κ1) is 16.0. The van der Waals surface area contributed by atoms with Crippen LogP contribution < -0.4 is 5.32 Å². The summed E-state index contributed by atoms with van der Waals surface area (Å²) >= 11 is 0. The fourth-order valence-corrected chi connectivity index (χ4v) is 4.35. The summed E-state index contributed by atoms with van der Waals surface area (Å²) in [7, 11) is 0. The van der Waals surface area contributed by atoms with E-state index in [9.17, 15) is 9.59 Å². The van der Waals surface area contributed by atoms with E-state index >= 15 is 0 Å². The van der Waals surface area contributed by atoms with Crippen molar-refractivity contribution in [3.8, 4) is 0 Å². The van der Waals surface area contributed by atoms with Crippen LogP contribution in [0.3, 0.4) is 0 Å². The minimum atomic E-state index is -0.251. The van der Waals surface area contributed by atoms with Crippen molar-refractivity contribution in [2.45, 2.75) is 56.9 Å². The number of ether oxygens (including phenoxy) is 1. The van der Waals surface area contributed by atoms with E-state index in [4.69, 9.17) is 4.74 Å². The summed E-state index contributed by atoms with van der Waals surface area (Å²) in [5, 5.41) is 3.27. The molecule has 1 heterocycles. The molecule has 3 rings (SSSR count). The van der Waals surface area contributed by atoms with Crippen LogP contribution in [-0.2, 0) is 14.3 Å². The number of rotatable bonds is 4. The number of nitrogens with one attached hydrogen (secondary N) is 1. The Hall–Kier alpha value is -1.84. The Morgan fingerprint density at radius 1 is 1.22 bits per heavy atom. The van der Waals surface area contributed by atoms with E-state index < -0.39 is 0 Å². The molecule has 1 saturated carbocycles. The molecular formula is C19H25NO3. The summed E-state index contributed by atoms with van der Waals surface area (Å²) in [5.74, 6) is -0.400. The maximum absolute atomic E-state index is 12.7. The van der Waals surface area contributed by atoms with E-state index in [2.05, 4.69) is 5.32 Å². The van der Waals surface area contributed by atoms with Gasteiger partial charge in [-0.05, 0) is 25.3 Å². The Bertz CT molecular complexity index is 563. The third kappa shape index (κ3) is 3.12. The van der Waals surface area contributed by atoms with Crippen molar-refractivity contribution in [3.05, 3.63) is 35.9 Å². The van der Waals surface area contributed by atoms with Gasteiger partial charge in [0.1, 0.15) is 0 Å². The zero-order valence-electron chi connectivity index (χ0n) is 13.7. The molecule has 1 aliphatic carbocycles. The number of esters is 1. The highest BCUT2D eigenvalue weighted by atomic mass is 16.5. The fourth-order valence-electron chi connectivity index (χ4n) is 4.35. The van der Waals surface area contributed by atoms with Crippen molar-refractivity contribution in [2.75, 3.05) is 6.61 Å². The molecule has 1 N–H and O–H groups in total. The molecule has 2 aliphatic rings. The molecule has 2 fully saturated rings. The highest BCUT2D eigenvalue weighted by Crippen LogP contribution is 2.48. The average molecular weight is 315 g/mol. The van der Waals surface area contributed by atoms with Gasteiger partial charge in [-0.25, -0.2) is 0 Å². The zero-order chi connectivity index (χ0) is 16.3. The lowest BCUT2D eigenvalue weighted by Gasteiger charge is -2.39. The Kier molecular flexibility index (Phi) is 4.69. The van der Waals surface area contributed by atoms with E-state index in [1.54, 1.807) is 0 Å². The fraction of sp³-hybridized carbons (Fsp3) is 0.579. The maximum Gasteiger partial charge on any atom is 0.306 e. The second-order valence-corrected chi connectivity index (χ2v) is 6.71. The molecule has 0 radical (unpaired) electrons. The molecule has 4 heteroatoms. The highest BCUT2D eigenvalue weighted by molar-refractivity contribution is 5.89. The first-order valence-electron chi connectivity index (χ1n) is 8.69. The van der Waals surface area contributed by atoms with Gasteiger partial charge in [0.2, 0.25) is 5.91 Å². The molecule has 0 aromatic heterocycles. The van der Waals surface area contributed by atoms with Crippen molar-refractivity contribution < 1.29 is 14.3 Å². The molecule has 1 aliphatic heterocycles. The molecular weight excluding hydrogens is 290 g/mol. The topological polar surface area (TPSA) is 55.4 Å². The van der Waals surface area contributed by atoms with Crippen LogP contribution in [0.5, 0.6) is 0 Å². The molecule has 4 nitrogen and oxygen atoms in total. The van der Waals surface area contributed by atoms with Crippen molar-refractivity contribution in [2.24, 2.45) is 5.92 Å². The van der Waals surface area contributed by atoms with Crippen molar-refractivity contribution in [1.29, 1.82) is 0 Å². The summed E-state index contributed by atoms with van der Waals surface area (Å²) in [6.07, 6.45) is 5.67. The lowest BCUT2D eigenvalue weighted by Crippen LogP contribution is -2.48. The van der Waals surface area contributed by atoms with Gasteiger partial charge in [0.05, 0.1) is 18.9 Å². The Balaban J connectivity index is 1.92. The summed E-state index contributed by atoms with van der Waals surface area (Å²) in [4.78, 5) is 24.9. The predicted molar refractivity (Wildman–Crippen MR) is 87.9 cm³/mol. The molecule has 0 unspecified atom stereocenters. The van der Waals surface area contributed by atoms with E-state index in [1.807, 2.05) is 37.3 Å². The van der Waals surface area contributed by atoms with Gasteiger partial charge in [0, 0.05) is 11.5 Å². The molecule has 1 spiro atoms. The third-order valence-electron chi connectivity index (χ3n) is 5.36. The number of carbonyl (C=O) groups is 2. The van der Waals surface area contributed by atoms with Gasteiger partial charge in [-0.3, -0.25) is 9.59 Å². The van der Waals surface area contributed by atoms with Gasteiger partial charge >= 0.3 is 5.97 Å². The van der Waals surface area contributed by atoms with Gasteiger partial charge in [0.15, 0.2) is 0 Å². The van der Waals surface area contributed by atoms with E-state index in [1.165, 1.54) is 6.42 Å². The standard InChI is InChI=1S/C19H25NO3/c1-2-23-16(21)13-15-17(14-9-5-3-6-10-14)18(22)20-19(15)11-7-4-8-12-19/h3,5-6,9-10,15,17H,2,4,7-8,11-13H2,1H3,(H,20,22)/t15-,17-/m0/s1. The van der Waals surface area contributed by atoms with Gasteiger partial charge < -0.3 is 10.1 Å². The first-order valence-corrected chi connectivity index (χ1v) is 8.69. The molecule has 1 amide bonds. The quantitative estimate of drug-likeness (QED) is 0.868. The van der Waals surface area contributed by atoms with Crippen LogP contribution in [0, 0.1) is 5.92 Å². The second kappa shape index (κ2) is 6.73. The maximum atomic E-state index is 12.7. The van der Waals surface area contributed by atoms with Crippen LogP contribution in [0.4, 0.5) is 0 Å². The van der Waals surface area contributed by atoms with E-state index in [-0.39, 0.29) is 29.3 Å². The minimum Gasteiger partial charge on any atom is -0.466 e. The van der Waals surface area contributed by atoms with Crippen molar-refractivity contribution in [3.63, 3.8) is 0 Å². The first-order chi connectivity index (χ1) is 11.2. The molecule has 1 saturated heterocycles. The van der Waals surface area contributed by atoms with Gasteiger partial charge in [0.25, 0.3) is 0 Å². The number of benzene rings is 1. The summed E-state index contributed by atoms with van der Waals surface area (Å²) < 4.78 is 5.18. The lowest BCUT2D eigenvalue weighted by atomic mass is 9.68. The summed E-state index contributed by atoms with van der Waals surface area (Å²) in [5.41, 5.74) is 0.768. The largest absolute Gasteiger partial charge is 0.466 e. The minimum absolute atomic E-state index is 0.0169. The van der Waals surface area contributed by atoms with Crippen LogP contribution in [0.25, 0.3) is 0 Å². The van der Waals surface area contributed by atoms with Crippen molar-refractivity contribution >= 4 is 11.9 Å².